The van der Waals surface area contributed by atoms with Gasteiger partial charge in [-0.25, -0.2) is 0 Å². The molecule has 1 saturated heterocycles. The Hall–Kier alpha value is -1.42. The van der Waals surface area contributed by atoms with E-state index in [4.69, 9.17) is 0 Å². The molecule has 0 aliphatic carbocycles. The van der Waals surface area contributed by atoms with Gasteiger partial charge < -0.3 is 10.2 Å². The number of pyridine rings is 1. The minimum absolute atomic E-state index is 0.0991. The van der Waals surface area contributed by atoms with E-state index in [0.29, 0.717) is 0 Å². The third-order valence-electron chi connectivity index (χ3n) is 3.19. The summed E-state index contributed by atoms with van der Waals surface area (Å²) in [6, 6.07) is 3.63. The molecule has 4 heteroatoms. The number of carbonyl (C=O) groups excluding carboxylic acids is 1. The van der Waals surface area contributed by atoms with Gasteiger partial charge in [-0.3, -0.25) is 9.78 Å². The largest absolute Gasteiger partial charge is 0.331 e. The minimum atomic E-state index is -0.132. The summed E-state index contributed by atoms with van der Waals surface area (Å²) in [6.07, 6.45) is 1.69. The fourth-order valence-electron chi connectivity index (χ4n) is 2.19. The summed E-state index contributed by atoms with van der Waals surface area (Å²) in [5.74, 6) is 0.0991. The molecule has 1 aliphatic heterocycles. The first kappa shape index (κ1) is 12.0. The molecule has 0 atom stereocenters. The third kappa shape index (κ3) is 2.47. The van der Waals surface area contributed by atoms with E-state index in [1.54, 1.807) is 12.3 Å². The van der Waals surface area contributed by atoms with Crippen LogP contribution in [0.25, 0.3) is 0 Å². The van der Waals surface area contributed by atoms with Crippen LogP contribution < -0.4 is 5.32 Å². The van der Waals surface area contributed by atoms with Gasteiger partial charge in [0.2, 0.25) is 0 Å². The van der Waals surface area contributed by atoms with Gasteiger partial charge in [-0.15, -0.1) is 0 Å². The Kier molecular flexibility index (Phi) is 3.15. The lowest BCUT2D eigenvalue weighted by molar-refractivity contribution is 0.0477. The second-order valence-corrected chi connectivity index (χ2v) is 5.13. The van der Waals surface area contributed by atoms with E-state index >= 15 is 0 Å². The third-order valence-corrected chi connectivity index (χ3v) is 3.19. The van der Waals surface area contributed by atoms with Gasteiger partial charge in [-0.1, -0.05) is 0 Å². The van der Waals surface area contributed by atoms with Crippen molar-refractivity contribution in [1.29, 1.82) is 0 Å². The Morgan fingerprint density at radius 1 is 1.53 bits per heavy atom. The van der Waals surface area contributed by atoms with E-state index in [-0.39, 0.29) is 11.4 Å². The molecule has 1 aromatic heterocycles. The molecule has 0 radical (unpaired) electrons. The van der Waals surface area contributed by atoms with Crippen LogP contribution in [0.4, 0.5) is 0 Å². The number of piperazine rings is 1. The zero-order chi connectivity index (χ0) is 12.5. The molecule has 1 aliphatic rings. The number of carbonyl (C=O) groups is 1. The Balaban J connectivity index is 2.25. The van der Waals surface area contributed by atoms with Crippen LogP contribution in [0.2, 0.25) is 0 Å². The zero-order valence-corrected chi connectivity index (χ0v) is 10.7. The van der Waals surface area contributed by atoms with Crippen LogP contribution in [0, 0.1) is 6.92 Å². The fourth-order valence-corrected chi connectivity index (χ4v) is 2.19. The fraction of sp³-hybridized carbons (Fsp3) is 0.538. The van der Waals surface area contributed by atoms with E-state index in [2.05, 4.69) is 24.1 Å². The summed E-state index contributed by atoms with van der Waals surface area (Å²) in [7, 11) is 0. The number of hydrogen-bond donors (Lipinski definition) is 1. The second kappa shape index (κ2) is 4.45. The van der Waals surface area contributed by atoms with Crippen molar-refractivity contribution in [2.45, 2.75) is 26.3 Å². The summed E-state index contributed by atoms with van der Waals surface area (Å²) in [5, 5.41) is 3.32. The Bertz CT molecular complexity index is 428. The number of rotatable bonds is 1. The Labute approximate surface area is 102 Å². The molecule has 0 unspecified atom stereocenters. The van der Waals surface area contributed by atoms with E-state index in [9.17, 15) is 4.79 Å². The molecule has 1 aromatic rings. The minimum Gasteiger partial charge on any atom is -0.331 e. The number of nitrogens with one attached hydrogen (secondary N) is 1. The predicted octanol–water partition coefficient (Wildman–Crippen LogP) is 1.21. The van der Waals surface area contributed by atoms with Crippen LogP contribution in [-0.2, 0) is 0 Å². The monoisotopic (exact) mass is 233 g/mol. The van der Waals surface area contributed by atoms with Crippen molar-refractivity contribution in [1.82, 2.24) is 15.2 Å². The molecular formula is C13H19N3O. The highest BCUT2D eigenvalue weighted by Gasteiger charge is 2.33. The first-order chi connectivity index (χ1) is 8.00. The normalized spacial score (nSPS) is 19.1. The van der Waals surface area contributed by atoms with Gasteiger partial charge in [-0.2, -0.15) is 0 Å². The number of hydrogen-bond acceptors (Lipinski definition) is 3. The standard InChI is InChI=1S/C13H19N3O/c1-10-8-11(4-5-15-10)12(17)16-7-6-14-9-13(16,2)3/h4-5,8,14H,6-7,9H2,1-3H3. The molecule has 2 rings (SSSR count). The number of nitrogens with zero attached hydrogens (tertiary/aromatic N) is 2. The van der Waals surface area contributed by atoms with Gasteiger partial charge in [0.25, 0.3) is 5.91 Å². The van der Waals surface area contributed by atoms with Gasteiger partial charge in [0.1, 0.15) is 0 Å². The summed E-state index contributed by atoms with van der Waals surface area (Å²) in [5.41, 5.74) is 1.48. The van der Waals surface area contributed by atoms with Crippen molar-refractivity contribution in [2.24, 2.45) is 0 Å². The highest BCUT2D eigenvalue weighted by atomic mass is 16.2. The predicted molar refractivity (Wildman–Crippen MR) is 67.0 cm³/mol. The molecular weight excluding hydrogens is 214 g/mol. The summed E-state index contributed by atoms with van der Waals surface area (Å²) in [6.45, 7) is 8.53. The van der Waals surface area contributed by atoms with Gasteiger partial charge in [0.15, 0.2) is 0 Å². The van der Waals surface area contributed by atoms with E-state index in [0.717, 1.165) is 30.9 Å². The van der Waals surface area contributed by atoms with Gasteiger partial charge in [0, 0.05) is 37.1 Å². The zero-order valence-electron chi connectivity index (χ0n) is 10.7. The van der Waals surface area contributed by atoms with Gasteiger partial charge in [0.05, 0.1) is 5.54 Å². The molecule has 0 aromatic carbocycles. The van der Waals surface area contributed by atoms with Crippen molar-refractivity contribution < 1.29 is 4.79 Å². The average Bonchev–Trinajstić information content (AvgIpc) is 2.27. The maximum absolute atomic E-state index is 12.4. The summed E-state index contributed by atoms with van der Waals surface area (Å²) in [4.78, 5) is 18.5. The van der Waals surface area contributed by atoms with Crippen molar-refractivity contribution in [3.8, 4) is 0 Å². The maximum Gasteiger partial charge on any atom is 0.254 e. The Morgan fingerprint density at radius 2 is 2.29 bits per heavy atom. The molecule has 17 heavy (non-hydrogen) atoms. The smallest absolute Gasteiger partial charge is 0.254 e. The van der Waals surface area contributed by atoms with Crippen LogP contribution in [-0.4, -0.2) is 41.0 Å². The van der Waals surface area contributed by atoms with Gasteiger partial charge >= 0.3 is 0 Å². The first-order valence-electron chi connectivity index (χ1n) is 5.96. The maximum atomic E-state index is 12.4. The highest BCUT2D eigenvalue weighted by Crippen LogP contribution is 2.19. The van der Waals surface area contributed by atoms with Crippen molar-refractivity contribution in [3.05, 3.63) is 29.6 Å². The van der Waals surface area contributed by atoms with Crippen LogP contribution >= 0.6 is 0 Å². The molecule has 1 amide bonds. The SMILES string of the molecule is Cc1cc(C(=O)N2CCNCC2(C)C)ccn1. The topological polar surface area (TPSA) is 45.2 Å². The van der Waals surface area contributed by atoms with Crippen molar-refractivity contribution in [3.63, 3.8) is 0 Å². The number of aryl methyl sites for hydroxylation is 1. The molecule has 1 fully saturated rings. The Morgan fingerprint density at radius 3 is 2.94 bits per heavy atom. The lowest BCUT2D eigenvalue weighted by Crippen LogP contribution is -2.59. The first-order valence-corrected chi connectivity index (χ1v) is 5.96. The van der Waals surface area contributed by atoms with Crippen molar-refractivity contribution >= 4 is 5.91 Å². The van der Waals surface area contributed by atoms with Crippen LogP contribution in [0.15, 0.2) is 18.3 Å². The molecule has 0 spiro atoms. The van der Waals surface area contributed by atoms with E-state index in [1.807, 2.05) is 17.9 Å². The number of aromatic nitrogens is 1. The number of amides is 1. The molecule has 4 nitrogen and oxygen atoms in total. The van der Waals surface area contributed by atoms with Crippen LogP contribution in [0.3, 0.4) is 0 Å². The second-order valence-electron chi connectivity index (χ2n) is 5.13. The van der Waals surface area contributed by atoms with Crippen LogP contribution in [0.1, 0.15) is 29.9 Å². The van der Waals surface area contributed by atoms with Crippen molar-refractivity contribution in [2.75, 3.05) is 19.6 Å². The molecule has 0 bridgehead atoms. The summed E-state index contributed by atoms with van der Waals surface area (Å²) < 4.78 is 0. The quantitative estimate of drug-likeness (QED) is 0.793. The summed E-state index contributed by atoms with van der Waals surface area (Å²) >= 11 is 0. The molecule has 0 saturated carbocycles. The molecule has 2 heterocycles. The highest BCUT2D eigenvalue weighted by molar-refractivity contribution is 5.94. The van der Waals surface area contributed by atoms with E-state index < -0.39 is 0 Å². The van der Waals surface area contributed by atoms with E-state index in [1.165, 1.54) is 0 Å². The lowest BCUT2D eigenvalue weighted by atomic mass is 9.99. The van der Waals surface area contributed by atoms with Gasteiger partial charge in [-0.05, 0) is 32.9 Å². The lowest BCUT2D eigenvalue weighted by Gasteiger charge is -2.42. The molecule has 92 valence electrons. The van der Waals surface area contributed by atoms with Crippen LogP contribution in [0.5, 0.6) is 0 Å². The molecule has 1 N–H and O–H groups in total. The average molecular weight is 233 g/mol.